The van der Waals surface area contributed by atoms with E-state index in [2.05, 4.69) is 24.3 Å². The standard InChI is InChI=1S/C15H26N4O2/c1-5-6-13-14(19(20)21)15(18(4)17-13)16-12-8-7-10(2)9-11(12)3/h10-12,16H,5-9H2,1-4H3. The van der Waals surface area contributed by atoms with E-state index < -0.39 is 0 Å². The smallest absolute Gasteiger partial charge is 0.333 e. The van der Waals surface area contributed by atoms with Crippen molar-refractivity contribution in [1.82, 2.24) is 9.78 Å². The Morgan fingerprint density at radius 1 is 1.43 bits per heavy atom. The van der Waals surface area contributed by atoms with E-state index in [0.717, 1.165) is 18.8 Å². The summed E-state index contributed by atoms with van der Waals surface area (Å²) in [5, 5.41) is 19.2. The van der Waals surface area contributed by atoms with Gasteiger partial charge in [-0.3, -0.25) is 10.1 Å². The fourth-order valence-electron chi connectivity index (χ4n) is 3.38. The van der Waals surface area contributed by atoms with E-state index in [1.165, 1.54) is 12.8 Å². The number of rotatable bonds is 5. The molecule has 3 atom stereocenters. The molecule has 1 heterocycles. The Morgan fingerprint density at radius 2 is 2.14 bits per heavy atom. The maximum Gasteiger partial charge on any atom is 0.333 e. The Kier molecular flexibility index (Phi) is 4.85. The van der Waals surface area contributed by atoms with Crippen molar-refractivity contribution in [3.63, 3.8) is 0 Å². The summed E-state index contributed by atoms with van der Waals surface area (Å²) in [5.74, 6) is 1.84. The van der Waals surface area contributed by atoms with Crippen LogP contribution in [0.5, 0.6) is 0 Å². The first kappa shape index (κ1) is 15.8. The monoisotopic (exact) mass is 294 g/mol. The third kappa shape index (κ3) is 3.36. The van der Waals surface area contributed by atoms with Gasteiger partial charge in [0.05, 0.1) is 4.92 Å². The molecule has 118 valence electrons. The van der Waals surface area contributed by atoms with Crippen molar-refractivity contribution in [1.29, 1.82) is 0 Å². The molecule has 1 N–H and O–H groups in total. The molecule has 1 saturated carbocycles. The summed E-state index contributed by atoms with van der Waals surface area (Å²) < 4.78 is 1.63. The van der Waals surface area contributed by atoms with E-state index in [4.69, 9.17) is 0 Å². The van der Waals surface area contributed by atoms with Gasteiger partial charge in [-0.1, -0.05) is 27.2 Å². The number of aryl methyl sites for hydroxylation is 2. The summed E-state index contributed by atoms with van der Waals surface area (Å²) in [6.45, 7) is 6.51. The summed E-state index contributed by atoms with van der Waals surface area (Å²) >= 11 is 0. The highest BCUT2D eigenvalue weighted by Gasteiger charge is 2.31. The van der Waals surface area contributed by atoms with Gasteiger partial charge in [0.15, 0.2) is 0 Å². The van der Waals surface area contributed by atoms with Crippen LogP contribution in [0.3, 0.4) is 0 Å². The number of nitro groups is 1. The SMILES string of the molecule is CCCc1nn(C)c(NC2CCC(C)CC2C)c1[N+](=O)[O-]. The van der Waals surface area contributed by atoms with Crippen LogP contribution in [0.2, 0.25) is 0 Å². The van der Waals surface area contributed by atoms with Crippen LogP contribution in [0.15, 0.2) is 0 Å². The lowest BCUT2D eigenvalue weighted by molar-refractivity contribution is -0.384. The Morgan fingerprint density at radius 3 is 2.71 bits per heavy atom. The summed E-state index contributed by atoms with van der Waals surface area (Å²) in [6.07, 6.45) is 4.91. The van der Waals surface area contributed by atoms with Crippen molar-refractivity contribution in [3.05, 3.63) is 15.8 Å². The molecule has 0 amide bonds. The predicted octanol–water partition coefficient (Wildman–Crippen LogP) is 3.52. The molecule has 6 heteroatoms. The van der Waals surface area contributed by atoms with Crippen LogP contribution in [-0.2, 0) is 13.5 Å². The van der Waals surface area contributed by atoms with Crippen LogP contribution >= 0.6 is 0 Å². The van der Waals surface area contributed by atoms with Gasteiger partial charge in [-0.25, -0.2) is 4.68 Å². The van der Waals surface area contributed by atoms with Crippen molar-refractivity contribution in [2.75, 3.05) is 5.32 Å². The maximum absolute atomic E-state index is 11.4. The van der Waals surface area contributed by atoms with E-state index in [9.17, 15) is 10.1 Å². The van der Waals surface area contributed by atoms with Crippen molar-refractivity contribution < 1.29 is 4.92 Å². The van der Waals surface area contributed by atoms with E-state index in [0.29, 0.717) is 29.9 Å². The van der Waals surface area contributed by atoms with Gasteiger partial charge in [0.25, 0.3) is 0 Å². The second-order valence-corrected chi connectivity index (χ2v) is 6.42. The molecule has 21 heavy (non-hydrogen) atoms. The third-order valence-corrected chi connectivity index (χ3v) is 4.51. The number of aromatic nitrogens is 2. The first-order valence-corrected chi connectivity index (χ1v) is 7.90. The Hall–Kier alpha value is -1.59. The predicted molar refractivity (Wildman–Crippen MR) is 83.4 cm³/mol. The highest BCUT2D eigenvalue weighted by atomic mass is 16.6. The molecule has 0 spiro atoms. The lowest BCUT2D eigenvalue weighted by atomic mass is 9.80. The fourth-order valence-corrected chi connectivity index (χ4v) is 3.38. The highest BCUT2D eigenvalue weighted by Crippen LogP contribution is 2.34. The molecular formula is C15H26N4O2. The van der Waals surface area contributed by atoms with Crippen molar-refractivity contribution >= 4 is 11.5 Å². The molecule has 1 aromatic rings. The molecule has 3 unspecified atom stereocenters. The van der Waals surface area contributed by atoms with Crippen molar-refractivity contribution in [3.8, 4) is 0 Å². The van der Waals surface area contributed by atoms with E-state index in [-0.39, 0.29) is 10.6 Å². The zero-order valence-electron chi connectivity index (χ0n) is 13.4. The lowest BCUT2D eigenvalue weighted by Crippen LogP contribution is -2.33. The number of nitrogens with one attached hydrogen (secondary N) is 1. The minimum absolute atomic E-state index is 0.158. The summed E-state index contributed by atoms with van der Waals surface area (Å²) in [7, 11) is 1.78. The molecular weight excluding hydrogens is 268 g/mol. The van der Waals surface area contributed by atoms with E-state index in [1.54, 1.807) is 11.7 Å². The van der Waals surface area contributed by atoms with Crippen LogP contribution < -0.4 is 5.32 Å². The molecule has 0 aromatic carbocycles. The molecule has 2 rings (SSSR count). The summed E-state index contributed by atoms with van der Waals surface area (Å²) in [6, 6.07) is 0.296. The summed E-state index contributed by atoms with van der Waals surface area (Å²) in [4.78, 5) is 11.1. The molecule has 0 bridgehead atoms. The minimum Gasteiger partial charge on any atom is -0.362 e. The molecule has 1 aliphatic rings. The van der Waals surface area contributed by atoms with E-state index in [1.807, 2.05) is 6.92 Å². The largest absolute Gasteiger partial charge is 0.362 e. The number of hydrogen-bond acceptors (Lipinski definition) is 4. The minimum atomic E-state index is -0.295. The second kappa shape index (κ2) is 6.45. The Labute approximate surface area is 126 Å². The van der Waals surface area contributed by atoms with Gasteiger partial charge in [0, 0.05) is 13.1 Å². The van der Waals surface area contributed by atoms with Gasteiger partial charge < -0.3 is 5.32 Å². The molecule has 1 fully saturated rings. The van der Waals surface area contributed by atoms with Gasteiger partial charge in [-0.2, -0.15) is 5.10 Å². The Balaban J connectivity index is 2.25. The topological polar surface area (TPSA) is 73.0 Å². The zero-order chi connectivity index (χ0) is 15.6. The van der Waals surface area contributed by atoms with E-state index >= 15 is 0 Å². The number of hydrogen-bond donors (Lipinski definition) is 1. The summed E-state index contributed by atoms with van der Waals surface area (Å²) in [5.41, 5.74) is 0.745. The molecule has 1 aromatic heterocycles. The number of anilines is 1. The molecule has 6 nitrogen and oxygen atoms in total. The van der Waals surface area contributed by atoms with Crippen LogP contribution in [0, 0.1) is 22.0 Å². The van der Waals surface area contributed by atoms with Crippen LogP contribution in [-0.4, -0.2) is 20.7 Å². The first-order valence-electron chi connectivity index (χ1n) is 7.90. The average molecular weight is 294 g/mol. The van der Waals surface area contributed by atoms with Gasteiger partial charge in [0.1, 0.15) is 5.69 Å². The van der Waals surface area contributed by atoms with Gasteiger partial charge in [-0.15, -0.1) is 0 Å². The second-order valence-electron chi connectivity index (χ2n) is 6.42. The van der Waals surface area contributed by atoms with Gasteiger partial charge in [0.2, 0.25) is 5.82 Å². The van der Waals surface area contributed by atoms with Gasteiger partial charge >= 0.3 is 5.69 Å². The Bertz CT molecular complexity index is 512. The lowest BCUT2D eigenvalue weighted by Gasteiger charge is -2.33. The molecule has 0 aliphatic heterocycles. The van der Waals surface area contributed by atoms with Crippen LogP contribution in [0.1, 0.15) is 52.1 Å². The normalized spacial score (nSPS) is 25.8. The first-order chi connectivity index (χ1) is 9.93. The zero-order valence-corrected chi connectivity index (χ0v) is 13.4. The van der Waals surface area contributed by atoms with Crippen molar-refractivity contribution in [2.45, 2.75) is 58.9 Å². The van der Waals surface area contributed by atoms with Crippen LogP contribution in [0.25, 0.3) is 0 Å². The van der Waals surface area contributed by atoms with Crippen molar-refractivity contribution in [2.24, 2.45) is 18.9 Å². The molecule has 0 radical (unpaired) electrons. The quantitative estimate of drug-likeness (QED) is 0.666. The maximum atomic E-state index is 11.4. The average Bonchev–Trinajstić information content (AvgIpc) is 2.69. The molecule has 0 saturated heterocycles. The number of nitrogens with zero attached hydrogens (tertiary/aromatic N) is 3. The third-order valence-electron chi connectivity index (χ3n) is 4.51. The molecule has 1 aliphatic carbocycles. The van der Waals surface area contributed by atoms with Gasteiger partial charge in [-0.05, 0) is 37.5 Å². The highest BCUT2D eigenvalue weighted by molar-refractivity contribution is 5.60. The van der Waals surface area contributed by atoms with Crippen LogP contribution in [0.4, 0.5) is 11.5 Å². The fraction of sp³-hybridized carbons (Fsp3) is 0.800.